The number of rotatable bonds is 5. The Labute approximate surface area is 259 Å². The molecule has 0 radical (unpaired) electrons. The lowest BCUT2D eigenvalue weighted by molar-refractivity contribution is 0.623. The van der Waals surface area contributed by atoms with Crippen molar-refractivity contribution in [2.24, 2.45) is 0 Å². The quantitative estimate of drug-likeness (QED) is 0.204. The van der Waals surface area contributed by atoms with Crippen molar-refractivity contribution in [2.45, 2.75) is 0 Å². The number of fused-ring (bicyclic) bond motifs is 6. The van der Waals surface area contributed by atoms with E-state index in [1.165, 1.54) is 0 Å². The Balaban J connectivity index is 1.22. The van der Waals surface area contributed by atoms with Crippen LogP contribution in [0.2, 0.25) is 0 Å². The van der Waals surface area contributed by atoms with Crippen molar-refractivity contribution in [3.8, 4) is 22.6 Å². The van der Waals surface area contributed by atoms with E-state index < -0.39 is 0 Å². The maximum absolute atomic E-state index is 6.53. The van der Waals surface area contributed by atoms with Gasteiger partial charge in [-0.1, -0.05) is 97.1 Å². The molecule has 7 aromatic carbocycles. The van der Waals surface area contributed by atoms with Gasteiger partial charge in [-0.05, 0) is 77.2 Å². The van der Waals surface area contributed by atoms with Gasteiger partial charge in [-0.25, -0.2) is 4.98 Å². The number of hydrogen-bond acceptors (Lipinski definition) is 4. The van der Waals surface area contributed by atoms with E-state index in [0.717, 1.165) is 77.6 Å². The van der Waals surface area contributed by atoms with Crippen LogP contribution in [-0.4, -0.2) is 4.98 Å². The molecule has 0 saturated heterocycles. The lowest BCUT2D eigenvalue weighted by Gasteiger charge is -2.27. The van der Waals surface area contributed by atoms with Crippen LogP contribution in [0.3, 0.4) is 0 Å². The van der Waals surface area contributed by atoms with E-state index in [9.17, 15) is 0 Å². The molecular formula is C41H26N2O2. The van der Waals surface area contributed by atoms with Gasteiger partial charge in [-0.15, -0.1) is 0 Å². The lowest BCUT2D eigenvalue weighted by atomic mass is 9.99. The van der Waals surface area contributed by atoms with Crippen molar-refractivity contribution in [3.05, 3.63) is 158 Å². The highest BCUT2D eigenvalue weighted by molar-refractivity contribution is 6.13. The van der Waals surface area contributed by atoms with E-state index in [0.29, 0.717) is 5.89 Å². The summed E-state index contributed by atoms with van der Waals surface area (Å²) in [5, 5.41) is 4.37. The summed E-state index contributed by atoms with van der Waals surface area (Å²) >= 11 is 0. The summed E-state index contributed by atoms with van der Waals surface area (Å²) in [7, 11) is 0. The molecule has 0 spiro atoms. The fourth-order valence-electron chi connectivity index (χ4n) is 6.44. The second-order valence-corrected chi connectivity index (χ2v) is 11.2. The predicted octanol–water partition coefficient (Wildman–Crippen LogP) is 11.7. The number of para-hydroxylation sites is 2. The van der Waals surface area contributed by atoms with Gasteiger partial charge in [-0.2, -0.15) is 0 Å². The van der Waals surface area contributed by atoms with Gasteiger partial charge in [0.1, 0.15) is 16.7 Å². The molecule has 0 aliphatic rings. The molecule has 0 bridgehead atoms. The molecule has 212 valence electrons. The van der Waals surface area contributed by atoms with Crippen LogP contribution in [0.25, 0.3) is 66.4 Å². The third-order valence-electron chi connectivity index (χ3n) is 8.49. The predicted molar refractivity (Wildman–Crippen MR) is 184 cm³/mol. The summed E-state index contributed by atoms with van der Waals surface area (Å²) < 4.78 is 12.7. The molecule has 2 aromatic heterocycles. The van der Waals surface area contributed by atoms with Crippen LogP contribution < -0.4 is 4.90 Å². The number of hydrogen-bond donors (Lipinski definition) is 0. The molecule has 45 heavy (non-hydrogen) atoms. The first kappa shape index (κ1) is 25.4. The molecule has 0 unspecified atom stereocenters. The van der Waals surface area contributed by atoms with E-state index in [2.05, 4.69) is 102 Å². The SMILES string of the molecule is c1ccc(-c2nc3ccc4cccc(N(c5ccccc5)c5ccc(-c6cccc7oc8ccccc8c67)cc5)c4c3o2)cc1. The second kappa shape index (κ2) is 10.2. The van der Waals surface area contributed by atoms with E-state index in [1.807, 2.05) is 60.7 Å². The zero-order chi connectivity index (χ0) is 29.7. The van der Waals surface area contributed by atoms with Gasteiger partial charge in [-0.3, -0.25) is 0 Å². The molecule has 2 heterocycles. The number of aromatic nitrogens is 1. The smallest absolute Gasteiger partial charge is 0.227 e. The Morgan fingerprint density at radius 3 is 2.02 bits per heavy atom. The number of oxazole rings is 1. The Morgan fingerprint density at radius 2 is 1.18 bits per heavy atom. The standard InChI is InChI=1S/C41H26N2O2/c1-3-11-29(12-4-1)41-42-34-26-23-28-13-9-18-35(38(28)40(34)45-41)43(30-14-5-2-6-15-30)31-24-21-27(22-25-31)32-17-10-20-37-39(32)33-16-7-8-19-36(33)44-37/h1-26H. The molecule has 0 fully saturated rings. The average Bonchev–Trinajstić information content (AvgIpc) is 3.72. The summed E-state index contributed by atoms with van der Waals surface area (Å²) in [6.45, 7) is 0. The number of nitrogens with zero attached hydrogens (tertiary/aromatic N) is 2. The molecular weight excluding hydrogens is 552 g/mol. The maximum atomic E-state index is 6.53. The molecule has 9 aromatic rings. The Kier molecular flexibility index (Phi) is 5.78. The van der Waals surface area contributed by atoms with Crippen LogP contribution in [0.4, 0.5) is 17.1 Å². The van der Waals surface area contributed by atoms with E-state index in [1.54, 1.807) is 0 Å². The van der Waals surface area contributed by atoms with Crippen LogP contribution in [-0.2, 0) is 0 Å². The summed E-state index contributed by atoms with van der Waals surface area (Å²) in [5.41, 5.74) is 9.76. The molecule has 0 aliphatic heterocycles. The first-order valence-electron chi connectivity index (χ1n) is 15.1. The minimum atomic E-state index is 0.615. The minimum Gasteiger partial charge on any atom is -0.456 e. The zero-order valence-electron chi connectivity index (χ0n) is 24.2. The van der Waals surface area contributed by atoms with Gasteiger partial charge in [0.25, 0.3) is 0 Å². The van der Waals surface area contributed by atoms with Crippen LogP contribution in [0.15, 0.2) is 167 Å². The normalized spacial score (nSPS) is 11.6. The largest absolute Gasteiger partial charge is 0.456 e. The fraction of sp³-hybridized carbons (Fsp3) is 0. The van der Waals surface area contributed by atoms with Crippen molar-refractivity contribution in [2.75, 3.05) is 4.90 Å². The molecule has 4 heteroatoms. The van der Waals surface area contributed by atoms with E-state index >= 15 is 0 Å². The monoisotopic (exact) mass is 578 g/mol. The third kappa shape index (κ3) is 4.19. The number of anilines is 3. The van der Waals surface area contributed by atoms with Crippen LogP contribution in [0.1, 0.15) is 0 Å². The summed E-state index contributed by atoms with van der Waals surface area (Å²) in [4.78, 5) is 7.17. The fourth-order valence-corrected chi connectivity index (χ4v) is 6.44. The van der Waals surface area contributed by atoms with Gasteiger partial charge >= 0.3 is 0 Å². The Bertz CT molecular complexity index is 2480. The van der Waals surface area contributed by atoms with Gasteiger partial charge < -0.3 is 13.7 Å². The van der Waals surface area contributed by atoms with Crippen LogP contribution >= 0.6 is 0 Å². The first-order chi connectivity index (χ1) is 22.3. The van der Waals surface area contributed by atoms with Gasteiger partial charge in [0.15, 0.2) is 5.58 Å². The van der Waals surface area contributed by atoms with Crippen molar-refractivity contribution < 1.29 is 8.83 Å². The average molecular weight is 579 g/mol. The van der Waals surface area contributed by atoms with Crippen LogP contribution in [0.5, 0.6) is 0 Å². The molecule has 0 N–H and O–H groups in total. The van der Waals surface area contributed by atoms with Crippen molar-refractivity contribution in [3.63, 3.8) is 0 Å². The summed E-state index contributed by atoms with van der Waals surface area (Å²) in [6, 6.07) is 54.4. The van der Waals surface area contributed by atoms with Gasteiger partial charge in [0, 0.05) is 27.7 Å². The number of benzene rings is 7. The molecule has 0 amide bonds. The first-order valence-corrected chi connectivity index (χ1v) is 15.1. The summed E-state index contributed by atoms with van der Waals surface area (Å²) in [6.07, 6.45) is 0. The minimum absolute atomic E-state index is 0.615. The van der Waals surface area contributed by atoms with E-state index in [4.69, 9.17) is 13.8 Å². The highest BCUT2D eigenvalue weighted by atomic mass is 16.3. The zero-order valence-corrected chi connectivity index (χ0v) is 24.2. The topological polar surface area (TPSA) is 42.4 Å². The van der Waals surface area contributed by atoms with E-state index in [-0.39, 0.29) is 0 Å². The van der Waals surface area contributed by atoms with Crippen LogP contribution in [0, 0.1) is 0 Å². The highest BCUT2D eigenvalue weighted by Gasteiger charge is 2.20. The maximum Gasteiger partial charge on any atom is 0.227 e. The second-order valence-electron chi connectivity index (χ2n) is 11.2. The van der Waals surface area contributed by atoms with Crippen molar-refractivity contribution in [1.82, 2.24) is 4.98 Å². The van der Waals surface area contributed by atoms with Gasteiger partial charge in [0.05, 0.1) is 11.1 Å². The Hall–Kier alpha value is -6.13. The number of furan rings is 1. The third-order valence-corrected chi connectivity index (χ3v) is 8.49. The molecule has 0 aliphatic carbocycles. The van der Waals surface area contributed by atoms with Crippen molar-refractivity contribution >= 4 is 60.9 Å². The molecule has 0 atom stereocenters. The molecule has 9 rings (SSSR count). The van der Waals surface area contributed by atoms with Gasteiger partial charge in [0.2, 0.25) is 5.89 Å². The van der Waals surface area contributed by atoms with Crippen molar-refractivity contribution in [1.29, 1.82) is 0 Å². The molecule has 0 saturated carbocycles. The Morgan fingerprint density at radius 1 is 0.467 bits per heavy atom. The highest BCUT2D eigenvalue weighted by Crippen LogP contribution is 2.43. The molecule has 4 nitrogen and oxygen atoms in total. The lowest BCUT2D eigenvalue weighted by Crippen LogP contribution is -2.10. The summed E-state index contributed by atoms with van der Waals surface area (Å²) in [5.74, 6) is 0.615.